The molecule has 0 aromatic carbocycles. The van der Waals surface area contributed by atoms with Crippen molar-refractivity contribution in [3.63, 3.8) is 0 Å². The zero-order chi connectivity index (χ0) is 10.6. The number of hydrogen-bond acceptors (Lipinski definition) is 3. The van der Waals surface area contributed by atoms with Crippen LogP contribution in [0.25, 0.3) is 0 Å². The molecule has 1 aromatic heterocycles. The predicted molar refractivity (Wildman–Crippen MR) is 57.1 cm³/mol. The van der Waals surface area contributed by atoms with Crippen LogP contribution in [0.3, 0.4) is 0 Å². The Bertz CT molecular complexity index is 286. The molecule has 0 aliphatic heterocycles. The topological polar surface area (TPSA) is 45.2 Å². The lowest BCUT2D eigenvalue weighted by atomic mass is 10.1. The highest BCUT2D eigenvalue weighted by Crippen LogP contribution is 2.14. The van der Waals surface area contributed by atoms with Crippen molar-refractivity contribution in [1.82, 2.24) is 10.3 Å². The maximum absolute atomic E-state index is 9.14. The first-order chi connectivity index (χ1) is 6.61. The van der Waals surface area contributed by atoms with Gasteiger partial charge in [0.1, 0.15) is 0 Å². The maximum Gasteiger partial charge on any atom is 0.0636 e. The minimum Gasteiger partial charge on any atom is -0.392 e. The van der Waals surface area contributed by atoms with Gasteiger partial charge in [-0.1, -0.05) is 0 Å². The normalized spacial score (nSPS) is 15.1. The summed E-state index contributed by atoms with van der Waals surface area (Å²) in [5, 5.41) is 12.4. The Morgan fingerprint density at radius 1 is 1.50 bits per heavy atom. The lowest BCUT2D eigenvalue weighted by Gasteiger charge is -2.16. The van der Waals surface area contributed by atoms with Crippen LogP contribution < -0.4 is 5.32 Å². The molecule has 0 fully saturated rings. The van der Waals surface area contributed by atoms with E-state index in [0.717, 1.165) is 0 Å². The monoisotopic (exact) mass is 194 g/mol. The second kappa shape index (κ2) is 5.08. The van der Waals surface area contributed by atoms with Crippen LogP contribution >= 0.6 is 0 Å². The molecule has 0 amide bonds. The van der Waals surface area contributed by atoms with Gasteiger partial charge >= 0.3 is 0 Å². The zero-order valence-electron chi connectivity index (χ0n) is 8.99. The number of aromatic nitrogens is 1. The highest BCUT2D eigenvalue weighted by molar-refractivity contribution is 5.24. The van der Waals surface area contributed by atoms with E-state index in [1.54, 1.807) is 13.1 Å². The van der Waals surface area contributed by atoms with Crippen LogP contribution in [0, 0.1) is 6.92 Å². The smallest absolute Gasteiger partial charge is 0.0636 e. The number of hydrogen-bond donors (Lipinski definition) is 2. The molecule has 0 aliphatic rings. The van der Waals surface area contributed by atoms with Crippen molar-refractivity contribution in [1.29, 1.82) is 0 Å². The molecule has 2 N–H and O–H groups in total. The summed E-state index contributed by atoms with van der Waals surface area (Å²) >= 11 is 0. The number of rotatable bonds is 4. The van der Waals surface area contributed by atoms with Gasteiger partial charge in [0.05, 0.1) is 6.10 Å². The summed E-state index contributed by atoms with van der Waals surface area (Å²) in [7, 11) is 0. The third kappa shape index (κ3) is 3.09. The third-order valence-corrected chi connectivity index (χ3v) is 2.27. The second-order valence-corrected chi connectivity index (χ2v) is 3.71. The first-order valence-electron chi connectivity index (χ1n) is 4.93. The van der Waals surface area contributed by atoms with Crippen molar-refractivity contribution in [2.24, 2.45) is 0 Å². The molecule has 2 unspecified atom stereocenters. The summed E-state index contributed by atoms with van der Waals surface area (Å²) < 4.78 is 0. The van der Waals surface area contributed by atoms with E-state index in [1.807, 2.05) is 12.3 Å². The average molecular weight is 194 g/mol. The van der Waals surface area contributed by atoms with Crippen LogP contribution in [0.15, 0.2) is 18.5 Å². The molecular weight excluding hydrogens is 176 g/mol. The number of nitrogens with zero attached hydrogens (tertiary/aromatic N) is 1. The van der Waals surface area contributed by atoms with E-state index in [0.29, 0.717) is 6.54 Å². The van der Waals surface area contributed by atoms with Gasteiger partial charge in [0, 0.05) is 25.0 Å². The van der Waals surface area contributed by atoms with Crippen molar-refractivity contribution >= 4 is 0 Å². The lowest BCUT2D eigenvalue weighted by molar-refractivity contribution is 0.187. The number of nitrogens with one attached hydrogen (secondary N) is 1. The Morgan fingerprint density at radius 2 is 2.21 bits per heavy atom. The van der Waals surface area contributed by atoms with E-state index in [-0.39, 0.29) is 12.1 Å². The highest BCUT2D eigenvalue weighted by atomic mass is 16.3. The maximum atomic E-state index is 9.14. The molecule has 0 radical (unpaired) electrons. The van der Waals surface area contributed by atoms with Crippen molar-refractivity contribution in [3.8, 4) is 0 Å². The molecule has 78 valence electrons. The fourth-order valence-electron chi connectivity index (χ4n) is 1.39. The number of aliphatic hydroxyl groups is 1. The van der Waals surface area contributed by atoms with Crippen LogP contribution in [-0.4, -0.2) is 22.7 Å². The van der Waals surface area contributed by atoms with E-state index >= 15 is 0 Å². The minimum atomic E-state index is -0.311. The zero-order valence-corrected chi connectivity index (χ0v) is 8.99. The summed E-state index contributed by atoms with van der Waals surface area (Å²) in [4.78, 5) is 4.09. The van der Waals surface area contributed by atoms with Gasteiger partial charge in [0.15, 0.2) is 0 Å². The summed E-state index contributed by atoms with van der Waals surface area (Å²) in [6.07, 6.45) is 3.35. The minimum absolute atomic E-state index is 0.235. The Labute approximate surface area is 85.2 Å². The molecule has 0 aliphatic carbocycles. The number of pyridine rings is 1. The van der Waals surface area contributed by atoms with Gasteiger partial charge in [-0.25, -0.2) is 0 Å². The van der Waals surface area contributed by atoms with Gasteiger partial charge < -0.3 is 10.4 Å². The molecule has 1 aromatic rings. The molecule has 1 rings (SSSR count). The average Bonchev–Trinajstić information content (AvgIpc) is 2.15. The fourth-order valence-corrected chi connectivity index (χ4v) is 1.39. The molecule has 3 heteroatoms. The van der Waals surface area contributed by atoms with E-state index in [2.05, 4.69) is 24.1 Å². The highest BCUT2D eigenvalue weighted by Gasteiger charge is 2.08. The van der Waals surface area contributed by atoms with Gasteiger partial charge in [-0.2, -0.15) is 0 Å². The standard InChI is InChI=1S/C11H18N2O/c1-8-4-5-12-7-11(8)10(3)13-6-9(2)14/h4-5,7,9-10,13-14H,6H2,1-3H3. The third-order valence-electron chi connectivity index (χ3n) is 2.27. The Hall–Kier alpha value is -0.930. The van der Waals surface area contributed by atoms with Gasteiger partial charge in [-0.3, -0.25) is 4.98 Å². The molecule has 14 heavy (non-hydrogen) atoms. The Balaban J connectivity index is 2.60. The van der Waals surface area contributed by atoms with Crippen molar-refractivity contribution in [2.45, 2.75) is 32.9 Å². The van der Waals surface area contributed by atoms with Crippen molar-refractivity contribution in [2.75, 3.05) is 6.54 Å². The lowest BCUT2D eigenvalue weighted by Crippen LogP contribution is -2.27. The van der Waals surface area contributed by atoms with Crippen molar-refractivity contribution < 1.29 is 5.11 Å². The largest absolute Gasteiger partial charge is 0.392 e. The first-order valence-corrected chi connectivity index (χ1v) is 4.93. The van der Waals surface area contributed by atoms with Gasteiger partial charge in [0.25, 0.3) is 0 Å². The van der Waals surface area contributed by atoms with Gasteiger partial charge in [0.2, 0.25) is 0 Å². The molecule has 2 atom stereocenters. The molecule has 0 saturated carbocycles. The number of aliphatic hydroxyl groups excluding tert-OH is 1. The van der Waals surface area contributed by atoms with Crippen LogP contribution in [0.1, 0.15) is 31.0 Å². The van der Waals surface area contributed by atoms with E-state index in [1.165, 1.54) is 11.1 Å². The molecule has 0 bridgehead atoms. The van der Waals surface area contributed by atoms with Gasteiger partial charge in [-0.15, -0.1) is 0 Å². The van der Waals surface area contributed by atoms with Crippen LogP contribution in [0.5, 0.6) is 0 Å². The molecule has 3 nitrogen and oxygen atoms in total. The molecule has 0 spiro atoms. The summed E-state index contributed by atoms with van der Waals surface area (Å²) in [6.45, 7) is 6.52. The summed E-state index contributed by atoms with van der Waals surface area (Å²) in [5.41, 5.74) is 2.42. The second-order valence-electron chi connectivity index (χ2n) is 3.71. The van der Waals surface area contributed by atoms with Crippen LogP contribution in [-0.2, 0) is 0 Å². The van der Waals surface area contributed by atoms with Crippen LogP contribution in [0.2, 0.25) is 0 Å². The fraction of sp³-hybridized carbons (Fsp3) is 0.545. The Kier molecular flexibility index (Phi) is 4.04. The SMILES string of the molecule is Cc1ccncc1C(C)NCC(C)O. The van der Waals surface area contributed by atoms with Crippen LogP contribution in [0.4, 0.5) is 0 Å². The van der Waals surface area contributed by atoms with Crippen molar-refractivity contribution in [3.05, 3.63) is 29.6 Å². The number of aryl methyl sites for hydroxylation is 1. The van der Waals surface area contributed by atoms with E-state index in [4.69, 9.17) is 5.11 Å². The predicted octanol–water partition coefficient (Wildman–Crippen LogP) is 1.42. The quantitative estimate of drug-likeness (QED) is 0.762. The van der Waals surface area contributed by atoms with E-state index < -0.39 is 0 Å². The first kappa shape index (κ1) is 11.1. The molecule has 1 heterocycles. The summed E-state index contributed by atoms with van der Waals surface area (Å²) in [5.74, 6) is 0. The van der Waals surface area contributed by atoms with E-state index in [9.17, 15) is 0 Å². The Morgan fingerprint density at radius 3 is 2.79 bits per heavy atom. The molecular formula is C11H18N2O. The summed E-state index contributed by atoms with van der Waals surface area (Å²) in [6, 6.07) is 2.23. The van der Waals surface area contributed by atoms with Gasteiger partial charge in [-0.05, 0) is 38.0 Å². The molecule has 0 saturated heterocycles.